The number of imidazole rings is 1. The Labute approximate surface area is 168 Å². The van der Waals surface area contributed by atoms with Gasteiger partial charge in [-0.05, 0) is 24.3 Å². The van der Waals surface area contributed by atoms with Gasteiger partial charge in [-0.25, -0.2) is 9.78 Å². The van der Waals surface area contributed by atoms with Gasteiger partial charge >= 0.3 is 6.03 Å². The van der Waals surface area contributed by atoms with Gasteiger partial charge in [-0.1, -0.05) is 51.1 Å². The maximum absolute atomic E-state index is 13.0. The Balaban J connectivity index is 1.51. The van der Waals surface area contributed by atoms with Crippen LogP contribution in [0.2, 0.25) is 0 Å². The average molecular weight is 381 g/mol. The fourth-order valence-electron chi connectivity index (χ4n) is 4.10. The van der Waals surface area contributed by atoms with Gasteiger partial charge in [0.2, 0.25) is 0 Å². The third kappa shape index (κ3) is 3.94. The number of carbonyl (C=O) groups is 1. The summed E-state index contributed by atoms with van der Waals surface area (Å²) in [6, 6.07) is 10.2. The van der Waals surface area contributed by atoms with Crippen LogP contribution in [0.4, 0.5) is 4.79 Å². The summed E-state index contributed by atoms with van der Waals surface area (Å²) in [4.78, 5) is 21.8. The molecular formula is C23H32N4O. The molecule has 2 heterocycles. The number of rotatable bonds is 4. The number of fused-ring (bicyclic) bond motifs is 1. The van der Waals surface area contributed by atoms with E-state index < -0.39 is 0 Å². The summed E-state index contributed by atoms with van der Waals surface area (Å²) in [5.41, 5.74) is 3.62. The molecule has 1 saturated carbocycles. The van der Waals surface area contributed by atoms with Crippen LogP contribution < -0.4 is 0 Å². The summed E-state index contributed by atoms with van der Waals surface area (Å²) in [5.74, 6) is 1.99. The van der Waals surface area contributed by atoms with Gasteiger partial charge in [0.05, 0.1) is 12.2 Å². The minimum absolute atomic E-state index is 0.0190. The first kappa shape index (κ1) is 19.0. The van der Waals surface area contributed by atoms with E-state index in [1.807, 2.05) is 35.0 Å². The quantitative estimate of drug-likeness (QED) is 0.798. The lowest BCUT2D eigenvalue weighted by Gasteiger charge is -2.31. The molecule has 28 heavy (non-hydrogen) atoms. The van der Waals surface area contributed by atoms with E-state index >= 15 is 0 Å². The number of carbonyl (C=O) groups excluding carboxylic acids is 1. The van der Waals surface area contributed by atoms with Gasteiger partial charge in [0.15, 0.2) is 0 Å². The molecule has 0 N–H and O–H groups in total. The third-order valence-electron chi connectivity index (χ3n) is 5.78. The third-order valence-corrected chi connectivity index (χ3v) is 5.78. The Kier molecular flexibility index (Phi) is 4.94. The molecule has 0 atom stereocenters. The van der Waals surface area contributed by atoms with E-state index in [0.717, 1.165) is 36.7 Å². The largest absolute Gasteiger partial charge is 0.331 e. The van der Waals surface area contributed by atoms with Gasteiger partial charge < -0.3 is 14.4 Å². The lowest BCUT2D eigenvalue weighted by atomic mass is 9.95. The van der Waals surface area contributed by atoms with Crippen molar-refractivity contribution in [3.63, 3.8) is 0 Å². The number of nitrogens with zero attached hydrogens (tertiary/aromatic N) is 4. The highest BCUT2D eigenvalue weighted by molar-refractivity contribution is 5.74. The predicted octanol–water partition coefficient (Wildman–Crippen LogP) is 4.20. The highest BCUT2D eigenvalue weighted by Gasteiger charge is 2.33. The van der Waals surface area contributed by atoms with E-state index in [2.05, 4.69) is 37.5 Å². The lowest BCUT2D eigenvalue weighted by molar-refractivity contribution is 0.154. The second-order valence-corrected chi connectivity index (χ2v) is 9.43. The minimum atomic E-state index is 0.0190. The molecule has 1 fully saturated rings. The summed E-state index contributed by atoms with van der Waals surface area (Å²) < 4.78 is 2.47. The first-order chi connectivity index (χ1) is 13.3. The number of benzene rings is 1. The van der Waals surface area contributed by atoms with Crippen LogP contribution in [0.3, 0.4) is 0 Å². The second-order valence-electron chi connectivity index (χ2n) is 9.43. The molecule has 0 spiro atoms. The van der Waals surface area contributed by atoms with Gasteiger partial charge in [0.25, 0.3) is 0 Å². The fraction of sp³-hybridized carbons (Fsp3) is 0.565. The molecule has 1 aromatic heterocycles. The zero-order chi connectivity index (χ0) is 19.9. The van der Waals surface area contributed by atoms with E-state index in [1.54, 1.807) is 0 Å². The summed E-state index contributed by atoms with van der Waals surface area (Å²) in [6.45, 7) is 9.82. The Morgan fingerprint density at radius 2 is 1.93 bits per heavy atom. The summed E-state index contributed by atoms with van der Waals surface area (Å²) in [5, 5.41) is 0. The van der Waals surface area contributed by atoms with Gasteiger partial charge in [0.1, 0.15) is 5.82 Å². The van der Waals surface area contributed by atoms with E-state index in [4.69, 9.17) is 4.98 Å². The normalized spacial score (nSPS) is 16.8. The minimum Gasteiger partial charge on any atom is -0.331 e. The number of urea groups is 1. The van der Waals surface area contributed by atoms with Crippen molar-refractivity contribution >= 4 is 6.03 Å². The van der Waals surface area contributed by atoms with E-state index in [9.17, 15) is 4.79 Å². The summed E-state index contributed by atoms with van der Waals surface area (Å²) >= 11 is 0. The van der Waals surface area contributed by atoms with Crippen LogP contribution in [0.5, 0.6) is 0 Å². The van der Waals surface area contributed by atoms with Crippen molar-refractivity contribution < 1.29 is 4.79 Å². The van der Waals surface area contributed by atoms with Gasteiger partial charge in [-0.3, -0.25) is 0 Å². The Morgan fingerprint density at radius 1 is 1.21 bits per heavy atom. The molecule has 0 bridgehead atoms. The fourth-order valence-corrected chi connectivity index (χ4v) is 4.10. The zero-order valence-electron chi connectivity index (χ0n) is 17.6. The molecule has 150 valence electrons. The molecule has 1 aliphatic carbocycles. The molecule has 4 rings (SSSR count). The summed E-state index contributed by atoms with van der Waals surface area (Å²) in [6.07, 6.45) is 3.58. The van der Waals surface area contributed by atoms with E-state index in [0.29, 0.717) is 13.1 Å². The number of hydrogen-bond donors (Lipinski definition) is 0. The Bertz CT molecular complexity index is 845. The maximum atomic E-state index is 13.0. The molecule has 5 heteroatoms. The predicted molar refractivity (Wildman–Crippen MR) is 111 cm³/mol. The first-order valence-corrected chi connectivity index (χ1v) is 10.5. The molecule has 0 saturated heterocycles. The molecule has 1 aliphatic heterocycles. The number of amides is 2. The number of aromatic nitrogens is 2. The average Bonchev–Trinajstić information content (AvgIpc) is 3.40. The van der Waals surface area contributed by atoms with Gasteiger partial charge in [-0.15, -0.1) is 0 Å². The van der Waals surface area contributed by atoms with Crippen molar-refractivity contribution in [1.82, 2.24) is 19.4 Å². The van der Waals surface area contributed by atoms with E-state index in [1.165, 1.54) is 24.4 Å². The van der Waals surface area contributed by atoms with Crippen molar-refractivity contribution in [1.29, 1.82) is 0 Å². The van der Waals surface area contributed by atoms with Crippen molar-refractivity contribution in [2.24, 2.45) is 5.92 Å². The lowest BCUT2D eigenvalue weighted by Crippen LogP contribution is -2.43. The zero-order valence-corrected chi connectivity index (χ0v) is 17.6. The molecule has 0 radical (unpaired) electrons. The molecule has 0 unspecified atom stereocenters. The van der Waals surface area contributed by atoms with Crippen LogP contribution in [0.1, 0.15) is 56.4 Å². The van der Waals surface area contributed by atoms with Crippen LogP contribution in [0.25, 0.3) is 0 Å². The Hall–Kier alpha value is -2.30. The highest BCUT2D eigenvalue weighted by atomic mass is 16.2. The highest BCUT2D eigenvalue weighted by Crippen LogP contribution is 2.35. The van der Waals surface area contributed by atoms with Crippen molar-refractivity contribution in [3.8, 4) is 0 Å². The van der Waals surface area contributed by atoms with Crippen LogP contribution in [0.15, 0.2) is 30.3 Å². The molecule has 2 amide bonds. The maximum Gasteiger partial charge on any atom is 0.320 e. The van der Waals surface area contributed by atoms with Gasteiger partial charge in [0, 0.05) is 44.2 Å². The first-order valence-electron chi connectivity index (χ1n) is 10.5. The molecule has 2 aliphatic rings. The molecule has 2 aromatic rings. The van der Waals surface area contributed by atoms with Crippen molar-refractivity contribution in [2.45, 2.75) is 65.1 Å². The SMILES string of the molecule is CN(Cc1ccccc1)C(=O)N1CCc2c(nc(C(C)(C)C)n2CC2CC2)C1. The van der Waals surface area contributed by atoms with E-state index in [-0.39, 0.29) is 11.4 Å². The van der Waals surface area contributed by atoms with Gasteiger partial charge in [-0.2, -0.15) is 0 Å². The smallest absolute Gasteiger partial charge is 0.320 e. The van der Waals surface area contributed by atoms with Crippen molar-refractivity contribution in [3.05, 3.63) is 53.1 Å². The topological polar surface area (TPSA) is 41.4 Å². The van der Waals surface area contributed by atoms with Crippen LogP contribution in [-0.4, -0.2) is 39.0 Å². The standard InChI is InChI=1S/C23H32N4O/c1-23(2,3)21-24-19-16-26(13-12-20(19)27(21)15-18-10-11-18)22(28)25(4)14-17-8-6-5-7-9-17/h5-9,18H,10-16H2,1-4H3. The molecular weight excluding hydrogens is 348 g/mol. The molecule has 1 aromatic carbocycles. The van der Waals surface area contributed by atoms with Crippen molar-refractivity contribution in [2.75, 3.05) is 13.6 Å². The number of hydrogen-bond acceptors (Lipinski definition) is 2. The molecule has 5 nitrogen and oxygen atoms in total. The Morgan fingerprint density at radius 3 is 2.57 bits per heavy atom. The monoisotopic (exact) mass is 380 g/mol. The van der Waals surface area contributed by atoms with Crippen LogP contribution in [0, 0.1) is 5.92 Å². The van der Waals surface area contributed by atoms with Crippen LogP contribution in [-0.2, 0) is 31.5 Å². The van der Waals surface area contributed by atoms with Crippen LogP contribution >= 0.6 is 0 Å². The second kappa shape index (κ2) is 7.26. The summed E-state index contributed by atoms with van der Waals surface area (Å²) in [7, 11) is 1.89.